The van der Waals surface area contributed by atoms with E-state index in [0.29, 0.717) is 10.9 Å². The molecule has 0 aliphatic rings. The predicted molar refractivity (Wildman–Crippen MR) is 116 cm³/mol. The third-order valence-corrected chi connectivity index (χ3v) is 7.28. The van der Waals surface area contributed by atoms with Gasteiger partial charge in [-0.3, -0.25) is 14.7 Å². The number of ether oxygens (including phenoxy) is 1. The Kier molecular flexibility index (Phi) is 7.18. The normalized spacial score (nSPS) is 13.6. The quantitative estimate of drug-likeness (QED) is 0.307. The number of nitrogens with one attached hydrogen (secondary N) is 1. The molecule has 0 saturated heterocycles. The zero-order valence-corrected chi connectivity index (χ0v) is 17.6. The van der Waals surface area contributed by atoms with Gasteiger partial charge in [-0.15, -0.1) is 0 Å². The van der Waals surface area contributed by atoms with Gasteiger partial charge in [0.15, 0.2) is 0 Å². The van der Waals surface area contributed by atoms with Crippen molar-refractivity contribution < 1.29 is 23.5 Å². The van der Waals surface area contributed by atoms with Crippen molar-refractivity contribution in [3.63, 3.8) is 0 Å². The Morgan fingerprint density at radius 1 is 1.00 bits per heavy atom. The molecule has 1 N–H and O–H groups in total. The summed E-state index contributed by atoms with van der Waals surface area (Å²) in [6.07, 6.45) is -0.791. The highest BCUT2D eigenvalue weighted by Gasteiger charge is 2.38. The molecule has 31 heavy (non-hydrogen) atoms. The average molecular weight is 440 g/mol. The molecule has 8 nitrogen and oxygen atoms in total. The number of nitro groups is 1. The lowest BCUT2D eigenvalue weighted by atomic mass is 10.2. The van der Waals surface area contributed by atoms with Crippen molar-refractivity contribution in [2.45, 2.75) is 12.4 Å². The summed E-state index contributed by atoms with van der Waals surface area (Å²) in [7, 11) is -2.36. The SMILES string of the molecule is COP(=O)(c1ccccc1)C(NC(=O)OCc1ccccc1)c1ccc([N+](=O)[O-])cc1. The van der Waals surface area contributed by atoms with E-state index in [1.807, 2.05) is 30.3 Å². The molecule has 0 fully saturated rings. The first-order valence-electron chi connectivity index (χ1n) is 9.36. The van der Waals surface area contributed by atoms with Gasteiger partial charge in [-0.1, -0.05) is 48.5 Å². The summed E-state index contributed by atoms with van der Waals surface area (Å²) in [5, 5.41) is 14.0. The molecule has 0 spiro atoms. The highest BCUT2D eigenvalue weighted by molar-refractivity contribution is 7.67. The monoisotopic (exact) mass is 440 g/mol. The Hall–Kier alpha value is -3.48. The highest BCUT2D eigenvalue weighted by atomic mass is 31.2. The average Bonchev–Trinajstić information content (AvgIpc) is 2.82. The largest absolute Gasteiger partial charge is 0.445 e. The lowest BCUT2D eigenvalue weighted by Gasteiger charge is -2.27. The van der Waals surface area contributed by atoms with E-state index in [-0.39, 0.29) is 12.3 Å². The summed E-state index contributed by atoms with van der Waals surface area (Å²) >= 11 is 0. The van der Waals surface area contributed by atoms with Crippen LogP contribution in [0.25, 0.3) is 0 Å². The van der Waals surface area contributed by atoms with Gasteiger partial charge < -0.3 is 14.6 Å². The summed E-state index contributed by atoms with van der Waals surface area (Å²) < 4.78 is 24.6. The van der Waals surface area contributed by atoms with E-state index >= 15 is 0 Å². The standard InChI is InChI=1S/C22H21N2O6P/c1-29-31(28,20-10-6-3-7-11-20)21(18-12-14-19(15-13-18)24(26)27)23-22(25)30-16-17-8-4-2-5-9-17/h2-15,21H,16H2,1H3,(H,23,25). The van der Waals surface area contributed by atoms with Crippen LogP contribution in [-0.2, 0) is 20.4 Å². The number of non-ortho nitro benzene ring substituents is 1. The Labute approximate surface area is 179 Å². The molecule has 1 amide bonds. The molecule has 0 aromatic heterocycles. The maximum atomic E-state index is 13.9. The molecule has 0 aliphatic carbocycles. The molecule has 0 aliphatic heterocycles. The van der Waals surface area contributed by atoms with Crippen molar-refractivity contribution in [2.75, 3.05) is 7.11 Å². The summed E-state index contributed by atoms with van der Waals surface area (Å²) in [4.78, 5) is 23.0. The number of amides is 1. The van der Waals surface area contributed by atoms with Gasteiger partial charge in [0.25, 0.3) is 13.1 Å². The molecule has 0 saturated carbocycles. The molecule has 0 radical (unpaired) electrons. The Balaban J connectivity index is 1.91. The highest BCUT2D eigenvalue weighted by Crippen LogP contribution is 2.57. The number of alkyl carbamates (subject to hydrolysis) is 1. The minimum Gasteiger partial charge on any atom is -0.445 e. The fourth-order valence-corrected chi connectivity index (χ4v) is 5.16. The number of benzene rings is 3. The first-order valence-corrected chi connectivity index (χ1v) is 11.1. The van der Waals surface area contributed by atoms with Crippen LogP contribution in [0.3, 0.4) is 0 Å². The fourth-order valence-electron chi connectivity index (χ4n) is 3.01. The zero-order chi connectivity index (χ0) is 22.3. The van der Waals surface area contributed by atoms with Gasteiger partial charge in [0.1, 0.15) is 12.4 Å². The van der Waals surface area contributed by atoms with Gasteiger partial charge in [-0.05, 0) is 35.4 Å². The van der Waals surface area contributed by atoms with Crippen LogP contribution in [0.5, 0.6) is 0 Å². The van der Waals surface area contributed by atoms with Crippen molar-refractivity contribution in [2.24, 2.45) is 0 Å². The minimum absolute atomic E-state index is 0.0300. The zero-order valence-electron chi connectivity index (χ0n) is 16.7. The summed E-state index contributed by atoms with van der Waals surface area (Å²) in [6, 6.07) is 23.0. The van der Waals surface area contributed by atoms with Crippen molar-refractivity contribution in [1.29, 1.82) is 0 Å². The fraction of sp³-hybridized carbons (Fsp3) is 0.136. The van der Waals surface area contributed by atoms with Crippen LogP contribution < -0.4 is 10.6 Å². The minimum atomic E-state index is -3.65. The molecule has 3 aromatic carbocycles. The van der Waals surface area contributed by atoms with E-state index in [1.165, 1.54) is 31.4 Å². The summed E-state index contributed by atoms with van der Waals surface area (Å²) in [5.74, 6) is -1.11. The third-order valence-electron chi connectivity index (χ3n) is 4.61. The van der Waals surface area contributed by atoms with Crippen molar-refractivity contribution >= 4 is 24.5 Å². The van der Waals surface area contributed by atoms with Gasteiger partial charge in [0.2, 0.25) is 0 Å². The second kappa shape index (κ2) is 10.0. The molecule has 9 heteroatoms. The number of rotatable bonds is 8. The van der Waals surface area contributed by atoms with Crippen LogP contribution in [0.15, 0.2) is 84.9 Å². The van der Waals surface area contributed by atoms with Gasteiger partial charge in [-0.25, -0.2) is 4.79 Å². The first-order chi connectivity index (χ1) is 14.9. The van der Waals surface area contributed by atoms with Gasteiger partial charge in [0.05, 0.1) is 4.92 Å². The third kappa shape index (κ3) is 5.36. The maximum absolute atomic E-state index is 13.9. The Bertz CT molecular complexity index is 1070. The Morgan fingerprint density at radius 2 is 1.58 bits per heavy atom. The van der Waals surface area contributed by atoms with Crippen molar-refractivity contribution in [3.8, 4) is 0 Å². The summed E-state index contributed by atoms with van der Waals surface area (Å²) in [6.45, 7) is 0.0300. The van der Waals surface area contributed by atoms with Crippen LogP contribution in [0.1, 0.15) is 16.9 Å². The molecule has 0 heterocycles. The lowest BCUT2D eigenvalue weighted by molar-refractivity contribution is -0.384. The molecular weight excluding hydrogens is 419 g/mol. The van der Waals surface area contributed by atoms with Crippen LogP contribution >= 0.6 is 7.37 Å². The number of carbonyl (C=O) groups excluding carboxylic acids is 1. The van der Waals surface area contributed by atoms with Crippen molar-refractivity contribution in [1.82, 2.24) is 5.32 Å². The van der Waals surface area contributed by atoms with Crippen molar-refractivity contribution in [3.05, 3.63) is 106 Å². The van der Waals surface area contributed by atoms with Crippen LogP contribution in [0.4, 0.5) is 10.5 Å². The number of nitrogens with zero attached hydrogens (tertiary/aromatic N) is 1. The lowest BCUT2D eigenvalue weighted by Crippen LogP contribution is -2.32. The topological polar surface area (TPSA) is 108 Å². The van der Waals surface area contributed by atoms with E-state index in [0.717, 1.165) is 5.56 Å². The van der Waals surface area contributed by atoms with Crippen LogP contribution in [0.2, 0.25) is 0 Å². The number of nitro benzene ring substituents is 1. The van der Waals surface area contributed by atoms with Crippen LogP contribution in [-0.4, -0.2) is 18.1 Å². The van der Waals surface area contributed by atoms with Gasteiger partial charge in [0, 0.05) is 24.5 Å². The molecule has 3 aromatic rings. The van der Waals surface area contributed by atoms with E-state index in [2.05, 4.69) is 5.32 Å². The molecule has 0 bridgehead atoms. The smallest absolute Gasteiger partial charge is 0.408 e. The number of carbonyl (C=O) groups is 1. The molecule has 2 unspecified atom stereocenters. The molecule has 3 rings (SSSR count). The first kappa shape index (κ1) is 22.2. The number of hydrogen-bond donors (Lipinski definition) is 1. The second-order valence-corrected chi connectivity index (χ2v) is 9.16. The van der Waals surface area contributed by atoms with E-state index in [4.69, 9.17) is 9.26 Å². The predicted octanol–water partition coefficient (Wildman–Crippen LogP) is 4.77. The molecule has 160 valence electrons. The van der Waals surface area contributed by atoms with E-state index in [9.17, 15) is 19.5 Å². The van der Waals surface area contributed by atoms with Gasteiger partial charge in [-0.2, -0.15) is 0 Å². The van der Waals surface area contributed by atoms with E-state index in [1.54, 1.807) is 30.3 Å². The Morgan fingerprint density at radius 3 is 2.13 bits per heavy atom. The number of hydrogen-bond acceptors (Lipinski definition) is 6. The van der Waals surface area contributed by atoms with Crippen LogP contribution in [0, 0.1) is 10.1 Å². The molecular formula is C22H21N2O6P. The second-order valence-electron chi connectivity index (χ2n) is 6.57. The maximum Gasteiger partial charge on any atom is 0.408 e. The summed E-state index contributed by atoms with van der Waals surface area (Å²) in [5.41, 5.74) is 1.06. The van der Waals surface area contributed by atoms with Gasteiger partial charge >= 0.3 is 6.09 Å². The molecule has 2 atom stereocenters. The van der Waals surface area contributed by atoms with E-state index < -0.39 is 24.2 Å².